The van der Waals surface area contributed by atoms with Gasteiger partial charge in [-0.3, -0.25) is 19.6 Å². The van der Waals surface area contributed by atoms with Crippen LogP contribution in [0, 0.1) is 11.3 Å². The third kappa shape index (κ3) is 5.03. The Kier molecular flexibility index (Phi) is 6.10. The first-order valence-corrected chi connectivity index (χ1v) is 10.3. The molecule has 1 fully saturated rings. The van der Waals surface area contributed by atoms with E-state index in [1.54, 1.807) is 24.3 Å². The summed E-state index contributed by atoms with van der Waals surface area (Å²) in [5.74, 6) is -4.69. The molecular formula is C23H16F5N5O2. The molecule has 1 aromatic carbocycles. The summed E-state index contributed by atoms with van der Waals surface area (Å²) in [4.78, 5) is 33.5. The first kappa shape index (κ1) is 24.0. The highest BCUT2D eigenvalue weighted by Crippen LogP contribution is 2.32. The molecule has 0 bridgehead atoms. The number of fused-ring (bicyclic) bond motifs is 1. The molecule has 0 saturated carbocycles. The summed E-state index contributed by atoms with van der Waals surface area (Å²) in [5, 5.41) is 11.8. The molecule has 1 atom stereocenters. The van der Waals surface area contributed by atoms with Crippen molar-refractivity contribution in [3.05, 3.63) is 60.0 Å². The van der Waals surface area contributed by atoms with E-state index in [9.17, 15) is 31.5 Å². The number of nitrogens with one attached hydrogen (secondary N) is 1. The van der Waals surface area contributed by atoms with Crippen molar-refractivity contribution in [1.82, 2.24) is 20.2 Å². The molecule has 3 aromatic rings. The third-order valence-electron chi connectivity index (χ3n) is 5.51. The number of hydrogen-bond acceptors (Lipinski definition) is 5. The Labute approximate surface area is 195 Å². The molecule has 1 unspecified atom stereocenters. The zero-order valence-electron chi connectivity index (χ0n) is 17.8. The summed E-state index contributed by atoms with van der Waals surface area (Å²) in [7, 11) is 0. The largest absolute Gasteiger partial charge is 0.433 e. The minimum Gasteiger partial charge on any atom is -0.343 e. The first-order valence-electron chi connectivity index (χ1n) is 10.3. The number of carbonyl (C=O) groups is 2. The summed E-state index contributed by atoms with van der Waals surface area (Å²) in [5.41, 5.74) is 0.350. The van der Waals surface area contributed by atoms with Gasteiger partial charge in [-0.1, -0.05) is 12.1 Å². The van der Waals surface area contributed by atoms with Gasteiger partial charge in [-0.2, -0.15) is 18.4 Å². The molecule has 3 heterocycles. The zero-order valence-corrected chi connectivity index (χ0v) is 17.8. The van der Waals surface area contributed by atoms with Gasteiger partial charge in [-0.15, -0.1) is 0 Å². The molecule has 1 aliphatic rings. The van der Waals surface area contributed by atoms with Crippen LogP contribution in [0.3, 0.4) is 0 Å². The van der Waals surface area contributed by atoms with Crippen LogP contribution >= 0.6 is 0 Å². The van der Waals surface area contributed by atoms with Gasteiger partial charge in [-0.05, 0) is 29.8 Å². The van der Waals surface area contributed by atoms with E-state index in [0.717, 1.165) is 17.2 Å². The molecule has 1 N–H and O–H groups in total. The predicted molar refractivity (Wildman–Crippen MR) is 113 cm³/mol. The van der Waals surface area contributed by atoms with E-state index in [1.807, 2.05) is 0 Å². The Morgan fingerprint density at radius 1 is 1.14 bits per heavy atom. The molecule has 0 radical (unpaired) electrons. The molecule has 12 heteroatoms. The summed E-state index contributed by atoms with van der Waals surface area (Å²) < 4.78 is 65.5. The summed E-state index contributed by atoms with van der Waals surface area (Å²) in [6.45, 7) is -1.50. The standard InChI is InChI=1S/C23H16F5N5O2/c24-22(25)8-15(9-29)33(12-22)20(34)11-32-21(35)16-5-6-30-18-3-1-13(7-17(16)18)14-2-4-19(31-10-14)23(26,27)28/h1-7,10,15H,8,11-12H2,(H,32,35). The molecule has 0 spiro atoms. The van der Waals surface area contributed by atoms with Crippen molar-refractivity contribution in [2.24, 2.45) is 0 Å². The van der Waals surface area contributed by atoms with Crippen LogP contribution in [0.25, 0.3) is 22.0 Å². The SMILES string of the molecule is N#CC1CC(F)(F)CN1C(=O)CNC(=O)c1ccnc2ccc(-c3ccc(C(F)(F)F)nc3)cc12. The fourth-order valence-electron chi connectivity index (χ4n) is 3.80. The van der Waals surface area contributed by atoms with Crippen LogP contribution in [-0.4, -0.2) is 51.7 Å². The third-order valence-corrected chi connectivity index (χ3v) is 5.51. The number of nitriles is 1. The van der Waals surface area contributed by atoms with Crippen LogP contribution in [0.5, 0.6) is 0 Å². The van der Waals surface area contributed by atoms with Crippen molar-refractivity contribution in [3.63, 3.8) is 0 Å². The van der Waals surface area contributed by atoms with Crippen molar-refractivity contribution in [2.75, 3.05) is 13.1 Å². The lowest BCUT2D eigenvalue weighted by atomic mass is 10.0. The lowest BCUT2D eigenvalue weighted by Gasteiger charge is -2.19. The summed E-state index contributed by atoms with van der Waals surface area (Å²) >= 11 is 0. The maximum absolute atomic E-state index is 13.6. The van der Waals surface area contributed by atoms with Crippen molar-refractivity contribution in [2.45, 2.75) is 24.6 Å². The quantitative estimate of drug-likeness (QED) is 0.562. The van der Waals surface area contributed by atoms with Gasteiger partial charge in [0.15, 0.2) is 0 Å². The molecule has 4 rings (SSSR count). The molecule has 180 valence electrons. The van der Waals surface area contributed by atoms with Crippen molar-refractivity contribution < 1.29 is 31.5 Å². The molecule has 1 saturated heterocycles. The smallest absolute Gasteiger partial charge is 0.343 e. The normalized spacial score (nSPS) is 17.3. The van der Waals surface area contributed by atoms with E-state index in [1.165, 1.54) is 18.3 Å². The number of alkyl halides is 5. The number of carbonyl (C=O) groups excluding carboxylic acids is 2. The Balaban J connectivity index is 1.55. The van der Waals surface area contributed by atoms with E-state index in [-0.39, 0.29) is 5.56 Å². The molecule has 2 amide bonds. The van der Waals surface area contributed by atoms with Gasteiger partial charge < -0.3 is 10.2 Å². The Hall–Kier alpha value is -4.14. The van der Waals surface area contributed by atoms with Gasteiger partial charge in [0.25, 0.3) is 11.8 Å². The van der Waals surface area contributed by atoms with Crippen LogP contribution in [0.2, 0.25) is 0 Å². The molecular weight excluding hydrogens is 473 g/mol. The Morgan fingerprint density at radius 2 is 1.89 bits per heavy atom. The lowest BCUT2D eigenvalue weighted by Crippen LogP contribution is -2.43. The summed E-state index contributed by atoms with van der Waals surface area (Å²) in [6.07, 6.45) is -2.91. The van der Waals surface area contributed by atoms with Crippen molar-refractivity contribution >= 4 is 22.7 Å². The number of nitrogens with zero attached hydrogens (tertiary/aromatic N) is 4. The number of likely N-dealkylation sites (tertiary alicyclic amines) is 1. The average molecular weight is 489 g/mol. The Morgan fingerprint density at radius 3 is 2.54 bits per heavy atom. The van der Waals surface area contributed by atoms with Crippen molar-refractivity contribution in [3.8, 4) is 17.2 Å². The van der Waals surface area contributed by atoms with Crippen LogP contribution in [0.1, 0.15) is 22.5 Å². The fourth-order valence-corrected chi connectivity index (χ4v) is 3.80. The average Bonchev–Trinajstić information content (AvgIpc) is 3.15. The maximum Gasteiger partial charge on any atom is 0.433 e. The lowest BCUT2D eigenvalue weighted by molar-refractivity contribution is -0.141. The number of benzene rings is 1. The molecule has 1 aliphatic heterocycles. The van der Waals surface area contributed by atoms with Gasteiger partial charge in [-0.25, -0.2) is 8.78 Å². The second kappa shape index (κ2) is 8.90. The molecule has 0 aliphatic carbocycles. The fraction of sp³-hybridized carbons (Fsp3) is 0.261. The number of pyridine rings is 2. The van der Waals surface area contributed by atoms with Gasteiger partial charge in [0, 0.05) is 29.8 Å². The van der Waals surface area contributed by atoms with Crippen LogP contribution in [-0.2, 0) is 11.0 Å². The molecule has 2 aromatic heterocycles. The van der Waals surface area contributed by atoms with E-state index in [4.69, 9.17) is 5.26 Å². The van der Waals surface area contributed by atoms with Crippen molar-refractivity contribution in [1.29, 1.82) is 5.26 Å². The minimum absolute atomic E-state index is 0.119. The number of halogens is 5. The number of rotatable bonds is 4. The molecule has 7 nitrogen and oxygen atoms in total. The second-order valence-corrected chi connectivity index (χ2v) is 7.93. The predicted octanol–water partition coefficient (Wildman–Crippen LogP) is 3.81. The van der Waals surface area contributed by atoms with Crippen LogP contribution < -0.4 is 5.32 Å². The van der Waals surface area contributed by atoms with Gasteiger partial charge in [0.1, 0.15) is 11.7 Å². The summed E-state index contributed by atoms with van der Waals surface area (Å²) in [6, 6.07) is 8.61. The molecule has 35 heavy (non-hydrogen) atoms. The maximum atomic E-state index is 13.6. The van der Waals surface area contributed by atoms with Crippen LogP contribution in [0.15, 0.2) is 48.8 Å². The Bertz CT molecular complexity index is 1330. The minimum atomic E-state index is -4.58. The number of hydrogen-bond donors (Lipinski definition) is 1. The number of aromatic nitrogens is 2. The van der Waals surface area contributed by atoms with E-state index in [2.05, 4.69) is 15.3 Å². The highest BCUT2D eigenvalue weighted by atomic mass is 19.4. The first-order chi connectivity index (χ1) is 16.5. The van der Waals surface area contributed by atoms with Crippen LogP contribution in [0.4, 0.5) is 22.0 Å². The topological polar surface area (TPSA) is 99.0 Å². The van der Waals surface area contributed by atoms with E-state index in [0.29, 0.717) is 22.0 Å². The highest BCUT2D eigenvalue weighted by Gasteiger charge is 2.47. The van der Waals surface area contributed by atoms with Gasteiger partial charge >= 0.3 is 6.18 Å². The van der Waals surface area contributed by atoms with E-state index < -0.39 is 55.2 Å². The number of amides is 2. The zero-order chi connectivity index (χ0) is 25.4. The second-order valence-electron chi connectivity index (χ2n) is 7.93. The highest BCUT2D eigenvalue weighted by molar-refractivity contribution is 6.07. The van der Waals surface area contributed by atoms with Gasteiger partial charge in [0.05, 0.1) is 30.2 Å². The van der Waals surface area contributed by atoms with E-state index >= 15 is 0 Å². The van der Waals surface area contributed by atoms with Gasteiger partial charge in [0.2, 0.25) is 5.91 Å². The monoisotopic (exact) mass is 489 g/mol.